The third kappa shape index (κ3) is 6.82. The summed E-state index contributed by atoms with van der Waals surface area (Å²) in [5, 5.41) is 3.79. The molecule has 8 nitrogen and oxygen atoms in total. The summed E-state index contributed by atoms with van der Waals surface area (Å²) in [4.78, 5) is 61.2. The first-order chi connectivity index (χ1) is 19.1. The van der Waals surface area contributed by atoms with Crippen LogP contribution in [0, 0.1) is 23.6 Å². The molecular weight excluding hydrogens is 531 g/mol. The number of rotatable bonds is 10. The maximum absolute atomic E-state index is 14.2. The molecule has 4 atom stereocenters. The van der Waals surface area contributed by atoms with Crippen molar-refractivity contribution in [1.82, 2.24) is 15.1 Å². The molecule has 0 saturated carbocycles. The lowest BCUT2D eigenvalue weighted by Gasteiger charge is -2.38. The first-order valence-corrected chi connectivity index (χ1v) is 15.4. The fourth-order valence-electron chi connectivity index (χ4n) is 5.91. The van der Waals surface area contributed by atoms with E-state index in [9.17, 15) is 23.6 Å². The summed E-state index contributed by atoms with van der Waals surface area (Å²) in [6, 6.07) is 4.41. The molecule has 2 amide bonds. The number of aliphatic imine (C=N–C) groups is 1. The highest BCUT2D eigenvalue weighted by Gasteiger charge is 2.42. The molecule has 0 aliphatic carbocycles. The van der Waals surface area contributed by atoms with Gasteiger partial charge in [0.25, 0.3) is 0 Å². The Labute approximate surface area is 240 Å². The van der Waals surface area contributed by atoms with E-state index in [1.165, 1.54) is 36.0 Å². The fourth-order valence-corrected chi connectivity index (χ4v) is 7.11. The normalized spacial score (nSPS) is 23.3. The van der Waals surface area contributed by atoms with E-state index < -0.39 is 17.8 Å². The Morgan fingerprint density at radius 3 is 2.33 bits per heavy atom. The number of halogens is 1. The second kappa shape index (κ2) is 13.4. The van der Waals surface area contributed by atoms with Crippen molar-refractivity contribution in [3.8, 4) is 0 Å². The smallest absolute Gasteiger partial charge is 0.226 e. The van der Waals surface area contributed by atoms with Gasteiger partial charge in [0.1, 0.15) is 17.6 Å². The van der Waals surface area contributed by atoms with Gasteiger partial charge >= 0.3 is 0 Å². The van der Waals surface area contributed by atoms with E-state index in [1.807, 2.05) is 30.6 Å². The summed E-state index contributed by atoms with van der Waals surface area (Å²) in [5.74, 6) is -0.440. The van der Waals surface area contributed by atoms with Crippen LogP contribution in [0.15, 0.2) is 29.3 Å². The van der Waals surface area contributed by atoms with Crippen molar-refractivity contribution < 1.29 is 23.6 Å². The molecule has 3 aliphatic rings. The predicted molar refractivity (Wildman–Crippen MR) is 155 cm³/mol. The van der Waals surface area contributed by atoms with E-state index >= 15 is 0 Å². The number of ketones is 2. The van der Waals surface area contributed by atoms with Gasteiger partial charge in [-0.2, -0.15) is 0 Å². The number of amides is 2. The molecule has 0 radical (unpaired) electrons. The van der Waals surface area contributed by atoms with Gasteiger partial charge in [-0.15, -0.1) is 11.8 Å². The molecule has 2 fully saturated rings. The number of thioether (sulfide) groups is 1. The van der Waals surface area contributed by atoms with Crippen molar-refractivity contribution in [1.29, 1.82) is 0 Å². The highest BCUT2D eigenvalue weighted by molar-refractivity contribution is 8.14. The van der Waals surface area contributed by atoms with Gasteiger partial charge < -0.3 is 15.1 Å². The highest BCUT2D eigenvalue weighted by atomic mass is 32.2. The third-order valence-corrected chi connectivity index (χ3v) is 9.65. The van der Waals surface area contributed by atoms with Crippen LogP contribution in [0.3, 0.4) is 0 Å². The molecule has 10 heteroatoms. The van der Waals surface area contributed by atoms with Gasteiger partial charge in [0.2, 0.25) is 11.8 Å². The second-order valence-electron chi connectivity index (χ2n) is 11.5. The number of nitrogens with one attached hydrogen (secondary N) is 1. The summed E-state index contributed by atoms with van der Waals surface area (Å²) < 4.78 is 13.3. The van der Waals surface area contributed by atoms with Crippen LogP contribution in [0.5, 0.6) is 0 Å². The number of hydrogen-bond acceptors (Lipinski definition) is 7. The average Bonchev–Trinajstić information content (AvgIpc) is 3.65. The van der Waals surface area contributed by atoms with Crippen LogP contribution in [0.4, 0.5) is 4.39 Å². The number of likely N-dealkylation sites (tertiary alicyclic amines) is 2. The lowest BCUT2D eigenvalue weighted by atomic mass is 9.79. The molecule has 2 unspecified atom stereocenters. The minimum Gasteiger partial charge on any atom is -0.342 e. The first-order valence-electron chi connectivity index (χ1n) is 14.4. The van der Waals surface area contributed by atoms with Crippen molar-refractivity contribution in [3.63, 3.8) is 0 Å². The first kappa shape index (κ1) is 30.4. The second-order valence-corrected chi connectivity index (χ2v) is 12.5. The van der Waals surface area contributed by atoms with Crippen molar-refractivity contribution >= 4 is 40.2 Å². The van der Waals surface area contributed by atoms with Crippen LogP contribution in [-0.4, -0.2) is 88.8 Å². The molecular formula is C30H41FN4O4S. The zero-order valence-corrected chi connectivity index (χ0v) is 24.7. The molecule has 4 rings (SSSR count). The van der Waals surface area contributed by atoms with Crippen molar-refractivity contribution in [2.24, 2.45) is 22.7 Å². The molecule has 2 saturated heterocycles. The van der Waals surface area contributed by atoms with E-state index in [0.717, 1.165) is 17.9 Å². The molecule has 3 heterocycles. The Kier molecular flexibility index (Phi) is 10.2. The zero-order chi connectivity index (χ0) is 29.0. The van der Waals surface area contributed by atoms with E-state index in [1.54, 1.807) is 7.05 Å². The number of hydrogen-bond donors (Lipinski definition) is 1. The molecule has 40 heavy (non-hydrogen) atoms. The monoisotopic (exact) mass is 572 g/mol. The van der Waals surface area contributed by atoms with Crippen LogP contribution >= 0.6 is 11.8 Å². The Hall–Kier alpha value is -2.59. The lowest BCUT2D eigenvalue weighted by Crippen LogP contribution is -2.49. The predicted octanol–water partition coefficient (Wildman–Crippen LogP) is 3.59. The maximum atomic E-state index is 14.2. The number of carbonyl (C=O) groups excluding carboxylic acids is 4. The van der Waals surface area contributed by atoms with Gasteiger partial charge in [-0.25, -0.2) is 4.39 Å². The largest absolute Gasteiger partial charge is 0.342 e. The average molecular weight is 573 g/mol. The number of nitrogens with zero attached hydrogens (tertiary/aromatic N) is 3. The van der Waals surface area contributed by atoms with Gasteiger partial charge in [0.05, 0.1) is 17.1 Å². The molecule has 0 aromatic heterocycles. The van der Waals surface area contributed by atoms with Gasteiger partial charge in [-0.3, -0.25) is 24.2 Å². The van der Waals surface area contributed by atoms with Crippen molar-refractivity contribution in [3.05, 3.63) is 35.6 Å². The van der Waals surface area contributed by atoms with Gasteiger partial charge in [0, 0.05) is 49.2 Å². The minimum absolute atomic E-state index is 0.00910. The number of likely N-dealkylation sites (N-methyl/N-ethyl adjacent to an activating group) is 1. The van der Waals surface area contributed by atoms with Crippen LogP contribution in [-0.2, 0) is 14.4 Å². The highest BCUT2D eigenvalue weighted by Crippen LogP contribution is 2.35. The fraction of sp³-hybridized carbons (Fsp3) is 0.633. The van der Waals surface area contributed by atoms with Crippen LogP contribution < -0.4 is 5.32 Å². The van der Waals surface area contributed by atoms with E-state index in [2.05, 4.69) is 5.32 Å². The van der Waals surface area contributed by atoms with Crippen LogP contribution in [0.1, 0.15) is 63.2 Å². The SMILES string of the molecule is CN[C@@H](C)C(=O)C[C@H](C(=O)N1CCCC1C1=NC(C(=O)c2ccc(F)cc2)CS1)C1CCN(C(=O)C(C)C)CC1. The molecule has 1 N–H and O–H groups in total. The van der Waals surface area contributed by atoms with Gasteiger partial charge in [-0.05, 0) is 69.8 Å². The van der Waals surface area contributed by atoms with Crippen molar-refractivity contribution in [2.45, 2.75) is 71.0 Å². The molecule has 1 aromatic rings. The van der Waals surface area contributed by atoms with E-state index in [-0.39, 0.29) is 53.7 Å². The quantitative estimate of drug-likeness (QED) is 0.431. The van der Waals surface area contributed by atoms with Gasteiger partial charge in [-0.1, -0.05) is 13.8 Å². The number of Topliss-reactive ketones (excluding diaryl/α,β-unsaturated/α-hetero) is 2. The Morgan fingerprint density at radius 2 is 1.70 bits per heavy atom. The number of benzene rings is 1. The lowest BCUT2D eigenvalue weighted by molar-refractivity contribution is -0.142. The summed E-state index contributed by atoms with van der Waals surface area (Å²) in [7, 11) is 1.74. The maximum Gasteiger partial charge on any atom is 0.226 e. The Bertz CT molecular complexity index is 1130. The van der Waals surface area contributed by atoms with Gasteiger partial charge in [0.15, 0.2) is 5.78 Å². The summed E-state index contributed by atoms with van der Waals surface area (Å²) in [6.45, 7) is 7.40. The Balaban J connectivity index is 1.49. The zero-order valence-electron chi connectivity index (χ0n) is 23.9. The standard InChI is InChI=1S/C30H41FN4O4S/c1-18(2)29(38)34-14-11-20(12-15-34)23(16-26(36)19(3)32-4)30(39)35-13-5-6-25(35)28-33-24(17-40-28)27(37)21-7-9-22(31)10-8-21/h7-10,18-20,23-25,32H,5-6,11-17H2,1-4H3/t19-,23-,24?,25?/m0/s1. The number of carbonyl (C=O) groups is 4. The Morgan fingerprint density at radius 1 is 1.02 bits per heavy atom. The summed E-state index contributed by atoms with van der Waals surface area (Å²) in [5.41, 5.74) is 0.427. The molecule has 1 aromatic carbocycles. The summed E-state index contributed by atoms with van der Waals surface area (Å²) in [6.07, 6.45) is 3.15. The minimum atomic E-state index is -0.556. The summed E-state index contributed by atoms with van der Waals surface area (Å²) >= 11 is 1.51. The van der Waals surface area contributed by atoms with E-state index in [0.29, 0.717) is 43.8 Å². The van der Waals surface area contributed by atoms with Crippen molar-refractivity contribution in [2.75, 3.05) is 32.4 Å². The number of piperidine rings is 1. The van der Waals surface area contributed by atoms with Crippen LogP contribution in [0.25, 0.3) is 0 Å². The van der Waals surface area contributed by atoms with E-state index in [4.69, 9.17) is 4.99 Å². The molecule has 0 spiro atoms. The topological polar surface area (TPSA) is 99.2 Å². The molecule has 218 valence electrons. The third-order valence-electron chi connectivity index (χ3n) is 8.49. The van der Waals surface area contributed by atoms with Crippen LogP contribution in [0.2, 0.25) is 0 Å². The molecule has 0 bridgehead atoms. The molecule has 3 aliphatic heterocycles.